The lowest BCUT2D eigenvalue weighted by Gasteiger charge is -2.41. The van der Waals surface area contributed by atoms with E-state index in [-0.39, 0.29) is 12.4 Å². The van der Waals surface area contributed by atoms with Gasteiger partial charge in [-0.05, 0) is 0 Å². The average Bonchev–Trinajstić information content (AvgIpc) is 1.76. The predicted molar refractivity (Wildman–Crippen MR) is 78.1 cm³/mol. The Morgan fingerprint density at radius 2 is 1.13 bits per heavy atom. The van der Waals surface area contributed by atoms with Gasteiger partial charge in [0, 0.05) is 5.41 Å². The summed E-state index contributed by atoms with van der Waals surface area (Å²) in [6.07, 6.45) is 0. The lowest BCUT2D eigenvalue weighted by Crippen LogP contribution is -2.39. The van der Waals surface area contributed by atoms with Crippen LogP contribution in [-0.4, -0.2) is 21.0 Å². The number of rotatable bonds is 3. The highest BCUT2D eigenvalue weighted by Gasteiger charge is 2.45. The minimum absolute atomic E-state index is 0.147. The van der Waals surface area contributed by atoms with Crippen LogP contribution in [0.25, 0.3) is 0 Å². The Labute approximate surface area is 98.5 Å². The molecule has 1 nitrogen and oxygen atoms in total. The molecular weight excluding hydrogens is 235 g/mol. The van der Waals surface area contributed by atoms with Crippen molar-refractivity contribution in [2.75, 3.05) is 0 Å². The Bertz CT molecular complexity index is 229. The van der Waals surface area contributed by atoms with Crippen molar-refractivity contribution in [1.29, 1.82) is 0 Å². The molecule has 0 spiro atoms. The van der Waals surface area contributed by atoms with Crippen LogP contribution in [0.4, 0.5) is 0 Å². The first-order chi connectivity index (χ1) is 6.28. The number of carbonyl (C=O) groups is 1. The van der Waals surface area contributed by atoms with Crippen LogP contribution >= 0.6 is 7.02 Å². The highest BCUT2D eigenvalue weighted by atomic mass is 31.6. The molecule has 0 saturated carbocycles. The van der Waals surface area contributed by atoms with Gasteiger partial charge in [0.2, 0.25) is 0 Å². The summed E-state index contributed by atoms with van der Waals surface area (Å²) in [5.41, 5.74) is 0.419. The zero-order valence-electron chi connectivity index (χ0n) is 11.9. The van der Waals surface area contributed by atoms with E-state index in [1.54, 1.807) is 0 Å². The van der Waals surface area contributed by atoms with Gasteiger partial charge in [0.05, 0.1) is 15.5 Å². The smallest absolute Gasteiger partial charge is 0.152 e. The van der Waals surface area contributed by atoms with Gasteiger partial charge < -0.3 is 0 Å². The first-order valence-electron chi connectivity index (χ1n) is 5.62. The largest absolute Gasteiger partial charge is 0.295 e. The molecule has 0 aliphatic heterocycles. The van der Waals surface area contributed by atoms with Crippen molar-refractivity contribution < 1.29 is 4.79 Å². The fourth-order valence-corrected chi connectivity index (χ4v) is 35.7. The summed E-state index contributed by atoms with van der Waals surface area (Å²) >= 11 is 0. The second-order valence-corrected chi connectivity index (χ2v) is 29.1. The molecule has 0 fully saturated rings. The van der Waals surface area contributed by atoms with Crippen molar-refractivity contribution in [3.05, 3.63) is 0 Å². The normalized spacial score (nSPS) is 14.5. The fraction of sp³-hybridized carbons (Fsp3) is 0.909. The molecule has 0 heterocycles. The molecule has 0 atom stereocenters. The van der Waals surface area contributed by atoms with E-state index in [4.69, 9.17) is 0 Å². The molecule has 0 bridgehead atoms. The van der Waals surface area contributed by atoms with Gasteiger partial charge in [-0.15, -0.1) is 0 Å². The summed E-state index contributed by atoms with van der Waals surface area (Å²) in [6, 6.07) is 0. The molecule has 0 aliphatic carbocycles. The minimum atomic E-state index is -1.32. The molecule has 0 unspecified atom stereocenters. The third-order valence-electron chi connectivity index (χ3n) is 2.19. The molecule has 0 radical (unpaired) electrons. The van der Waals surface area contributed by atoms with Crippen molar-refractivity contribution in [2.45, 2.75) is 60.1 Å². The van der Waals surface area contributed by atoms with E-state index in [0.717, 1.165) is 0 Å². The van der Waals surface area contributed by atoms with Gasteiger partial charge in [0.15, 0.2) is 5.52 Å². The van der Waals surface area contributed by atoms with Crippen LogP contribution in [0.2, 0.25) is 39.3 Å². The Hall–Kier alpha value is 0.534. The van der Waals surface area contributed by atoms with Gasteiger partial charge in [-0.3, -0.25) is 4.79 Å². The Morgan fingerprint density at radius 1 is 0.867 bits per heavy atom. The van der Waals surface area contributed by atoms with E-state index in [1.807, 2.05) is 0 Å². The van der Waals surface area contributed by atoms with E-state index < -0.39 is 15.5 Å². The molecule has 0 N–H and O–H groups in total. The predicted octanol–water partition coefficient (Wildman–Crippen LogP) is 4.71. The second-order valence-electron chi connectivity index (χ2n) is 7.23. The van der Waals surface area contributed by atoms with Crippen LogP contribution in [0.1, 0.15) is 20.8 Å². The zero-order chi connectivity index (χ0) is 12.7. The molecule has 0 aliphatic rings. The Morgan fingerprint density at radius 3 is 1.20 bits per heavy atom. The summed E-state index contributed by atoms with van der Waals surface area (Å²) < 4.78 is 0. The van der Waals surface area contributed by atoms with Crippen molar-refractivity contribution in [1.82, 2.24) is 0 Å². The first-order valence-corrected chi connectivity index (χ1v) is 15.6. The first kappa shape index (κ1) is 15.5. The zero-order valence-corrected chi connectivity index (χ0v) is 14.7. The molecule has 15 heavy (non-hydrogen) atoms. The maximum absolute atomic E-state index is 12.6. The summed E-state index contributed by atoms with van der Waals surface area (Å²) in [6.45, 7) is 20.4. The molecule has 0 aromatic heterocycles. The third kappa shape index (κ3) is 4.50. The minimum Gasteiger partial charge on any atom is -0.295 e. The van der Waals surface area contributed by atoms with Crippen molar-refractivity contribution in [3.63, 3.8) is 0 Å². The SMILES string of the molecule is CC(C)(C)C(=O)P([Si](C)(C)C)[Si](C)(C)C. The number of hydrogen-bond acceptors (Lipinski definition) is 1. The fourth-order valence-electron chi connectivity index (χ4n) is 1.95. The Kier molecular flexibility index (Phi) is 4.58. The molecule has 0 amide bonds. The highest BCUT2D eigenvalue weighted by Crippen LogP contribution is 2.58. The lowest BCUT2D eigenvalue weighted by atomic mass is 10.00. The van der Waals surface area contributed by atoms with E-state index in [0.29, 0.717) is 5.52 Å². The van der Waals surface area contributed by atoms with Crippen LogP contribution < -0.4 is 0 Å². The maximum atomic E-state index is 12.6. The summed E-state index contributed by atoms with van der Waals surface area (Å²) in [5, 5.41) is 0. The molecule has 0 rings (SSSR count). The van der Waals surface area contributed by atoms with Gasteiger partial charge in [-0.1, -0.05) is 67.1 Å². The van der Waals surface area contributed by atoms with Crippen molar-refractivity contribution in [3.8, 4) is 0 Å². The molecule has 0 aromatic rings. The van der Waals surface area contributed by atoms with Crippen LogP contribution in [0.5, 0.6) is 0 Å². The topological polar surface area (TPSA) is 17.1 Å². The Balaban J connectivity index is 5.26. The van der Waals surface area contributed by atoms with Crippen LogP contribution in [0.3, 0.4) is 0 Å². The average molecular weight is 262 g/mol. The van der Waals surface area contributed by atoms with E-state index in [1.165, 1.54) is 0 Å². The molecule has 4 heteroatoms. The van der Waals surface area contributed by atoms with E-state index in [9.17, 15) is 4.79 Å². The van der Waals surface area contributed by atoms with Gasteiger partial charge in [0.25, 0.3) is 0 Å². The van der Waals surface area contributed by atoms with Crippen molar-refractivity contribution in [2.24, 2.45) is 5.41 Å². The number of hydrogen-bond donors (Lipinski definition) is 0. The number of carbonyl (C=O) groups excluding carboxylic acids is 1. The highest BCUT2D eigenvalue weighted by molar-refractivity contribution is 8.27. The van der Waals surface area contributed by atoms with E-state index in [2.05, 4.69) is 60.1 Å². The van der Waals surface area contributed by atoms with Crippen molar-refractivity contribution >= 4 is 28.0 Å². The summed E-state index contributed by atoms with van der Waals surface area (Å²) in [7, 11) is -2.99. The quantitative estimate of drug-likeness (QED) is 0.532. The van der Waals surface area contributed by atoms with E-state index >= 15 is 0 Å². The molecule has 90 valence electrons. The monoisotopic (exact) mass is 262 g/mol. The van der Waals surface area contributed by atoms with Gasteiger partial charge in [-0.2, -0.15) is 0 Å². The lowest BCUT2D eigenvalue weighted by molar-refractivity contribution is -0.117. The second kappa shape index (κ2) is 4.42. The maximum Gasteiger partial charge on any atom is 0.152 e. The summed E-state index contributed by atoms with van der Waals surface area (Å²) in [4.78, 5) is 12.6. The summed E-state index contributed by atoms with van der Waals surface area (Å²) in [5.74, 6) is 0. The van der Waals surface area contributed by atoms with Crippen LogP contribution in [-0.2, 0) is 4.79 Å². The molecule has 0 saturated heterocycles. The standard InChI is InChI=1S/C11H27OPSi2/c1-11(2,3)10(12)13(14(4,5)6)15(7,8)9/h1-9H3. The van der Waals surface area contributed by atoms with Gasteiger partial charge in [-0.25, -0.2) is 0 Å². The van der Waals surface area contributed by atoms with Crippen LogP contribution in [0.15, 0.2) is 0 Å². The van der Waals surface area contributed by atoms with Gasteiger partial charge in [0.1, 0.15) is 0 Å². The third-order valence-corrected chi connectivity index (χ3v) is 27.3. The van der Waals surface area contributed by atoms with Crippen LogP contribution in [0, 0.1) is 5.41 Å². The molecular formula is C11H27OPSi2. The molecule has 0 aromatic carbocycles. The van der Waals surface area contributed by atoms with Gasteiger partial charge >= 0.3 is 0 Å².